The predicted molar refractivity (Wildman–Crippen MR) is 89.2 cm³/mol. The van der Waals surface area contributed by atoms with E-state index in [1.807, 2.05) is 24.0 Å². The van der Waals surface area contributed by atoms with E-state index in [-0.39, 0.29) is 12.5 Å². The number of rotatable bonds is 4. The number of hydrogen-bond donors (Lipinski definition) is 0. The monoisotopic (exact) mass is 332 g/mol. The Kier molecular flexibility index (Phi) is 4.96. The fourth-order valence-corrected chi connectivity index (χ4v) is 3.29. The van der Waals surface area contributed by atoms with Crippen molar-refractivity contribution in [3.05, 3.63) is 47.0 Å². The van der Waals surface area contributed by atoms with Gasteiger partial charge >= 0.3 is 0 Å². The Morgan fingerprint density at radius 3 is 3.04 bits per heavy atom. The summed E-state index contributed by atoms with van der Waals surface area (Å²) in [6.07, 6.45) is 6.35. The van der Waals surface area contributed by atoms with Gasteiger partial charge in [0.25, 0.3) is 0 Å². The largest absolute Gasteiger partial charge is 0.341 e. The molecule has 0 saturated carbocycles. The Bertz CT molecular complexity index is 685. The van der Waals surface area contributed by atoms with Gasteiger partial charge in [-0.2, -0.15) is 5.10 Å². The lowest BCUT2D eigenvalue weighted by Crippen LogP contribution is -2.42. The number of carbonyl (C=O) groups is 1. The Labute approximate surface area is 141 Å². The van der Waals surface area contributed by atoms with Crippen LogP contribution in [0.5, 0.6) is 0 Å². The molecule has 0 aliphatic carbocycles. The number of likely N-dealkylation sites (tertiary alicyclic amines) is 1. The SMILES string of the molecule is Cc1cccc(CC2CCCN(C(=O)Cn3cc(Cl)cn3)C2)n1. The van der Waals surface area contributed by atoms with E-state index in [0.29, 0.717) is 10.9 Å². The summed E-state index contributed by atoms with van der Waals surface area (Å²) in [6, 6.07) is 6.12. The molecule has 0 aromatic carbocycles. The first-order valence-electron chi connectivity index (χ1n) is 7.98. The molecule has 0 N–H and O–H groups in total. The van der Waals surface area contributed by atoms with Gasteiger partial charge < -0.3 is 4.90 Å². The number of piperidine rings is 1. The van der Waals surface area contributed by atoms with E-state index < -0.39 is 0 Å². The molecule has 0 spiro atoms. The Hall–Kier alpha value is -1.88. The van der Waals surface area contributed by atoms with Gasteiger partial charge in [-0.05, 0) is 44.2 Å². The zero-order chi connectivity index (χ0) is 16.2. The van der Waals surface area contributed by atoms with Crippen molar-refractivity contribution in [2.24, 2.45) is 5.92 Å². The summed E-state index contributed by atoms with van der Waals surface area (Å²) in [5, 5.41) is 4.63. The fraction of sp³-hybridized carbons (Fsp3) is 0.471. The molecule has 0 bridgehead atoms. The molecule has 1 aliphatic rings. The number of aromatic nitrogens is 3. The summed E-state index contributed by atoms with van der Waals surface area (Å²) in [4.78, 5) is 19.0. The maximum absolute atomic E-state index is 12.4. The number of hydrogen-bond acceptors (Lipinski definition) is 3. The van der Waals surface area contributed by atoms with Crippen LogP contribution in [-0.2, 0) is 17.8 Å². The fourth-order valence-electron chi connectivity index (χ4n) is 3.13. The van der Waals surface area contributed by atoms with Crippen LogP contribution < -0.4 is 0 Å². The van der Waals surface area contributed by atoms with Gasteiger partial charge in [0.15, 0.2) is 0 Å². The van der Waals surface area contributed by atoms with Crippen molar-refractivity contribution in [2.45, 2.75) is 32.7 Å². The molecule has 2 aromatic rings. The second-order valence-electron chi connectivity index (χ2n) is 6.18. The molecule has 122 valence electrons. The van der Waals surface area contributed by atoms with Crippen LogP contribution in [0.25, 0.3) is 0 Å². The summed E-state index contributed by atoms with van der Waals surface area (Å²) in [5.74, 6) is 0.579. The van der Waals surface area contributed by atoms with E-state index in [2.05, 4.69) is 16.1 Å². The minimum atomic E-state index is 0.103. The lowest BCUT2D eigenvalue weighted by atomic mass is 9.93. The number of halogens is 1. The van der Waals surface area contributed by atoms with Crippen molar-refractivity contribution < 1.29 is 4.79 Å². The number of amides is 1. The van der Waals surface area contributed by atoms with Gasteiger partial charge in [0.05, 0.1) is 11.2 Å². The van der Waals surface area contributed by atoms with E-state index in [0.717, 1.165) is 43.7 Å². The Morgan fingerprint density at radius 2 is 2.30 bits per heavy atom. The minimum Gasteiger partial charge on any atom is -0.341 e. The van der Waals surface area contributed by atoms with Crippen molar-refractivity contribution in [1.82, 2.24) is 19.7 Å². The van der Waals surface area contributed by atoms with E-state index in [1.54, 1.807) is 17.1 Å². The van der Waals surface area contributed by atoms with Crippen LogP contribution in [0.1, 0.15) is 24.2 Å². The molecule has 1 unspecified atom stereocenters. The number of nitrogens with zero attached hydrogens (tertiary/aromatic N) is 4. The molecule has 0 radical (unpaired) electrons. The normalized spacial score (nSPS) is 18.2. The van der Waals surface area contributed by atoms with Crippen molar-refractivity contribution >= 4 is 17.5 Å². The maximum atomic E-state index is 12.4. The molecular weight excluding hydrogens is 312 g/mol. The highest BCUT2D eigenvalue weighted by Gasteiger charge is 2.24. The first kappa shape index (κ1) is 16.0. The van der Waals surface area contributed by atoms with E-state index in [1.165, 1.54) is 0 Å². The summed E-state index contributed by atoms with van der Waals surface area (Å²) in [5.41, 5.74) is 2.16. The van der Waals surface area contributed by atoms with Gasteiger partial charge in [0, 0.05) is 30.7 Å². The summed E-state index contributed by atoms with van der Waals surface area (Å²) < 4.78 is 1.59. The summed E-state index contributed by atoms with van der Waals surface area (Å²) >= 11 is 5.84. The lowest BCUT2D eigenvalue weighted by molar-refractivity contribution is -0.133. The van der Waals surface area contributed by atoms with Crippen LogP contribution >= 0.6 is 11.6 Å². The van der Waals surface area contributed by atoms with Gasteiger partial charge in [-0.25, -0.2) is 0 Å². The predicted octanol–water partition coefficient (Wildman–Crippen LogP) is 2.72. The van der Waals surface area contributed by atoms with Gasteiger partial charge in [0.1, 0.15) is 6.54 Å². The van der Waals surface area contributed by atoms with Crippen LogP contribution in [0.15, 0.2) is 30.6 Å². The summed E-state index contributed by atoms with van der Waals surface area (Å²) in [7, 11) is 0. The molecule has 2 aromatic heterocycles. The maximum Gasteiger partial charge on any atom is 0.244 e. The molecule has 1 amide bonds. The summed E-state index contributed by atoms with van der Waals surface area (Å²) in [6.45, 7) is 3.88. The zero-order valence-corrected chi connectivity index (χ0v) is 14.0. The molecule has 6 heteroatoms. The van der Waals surface area contributed by atoms with E-state index in [4.69, 9.17) is 11.6 Å². The average Bonchev–Trinajstić information content (AvgIpc) is 2.92. The first-order valence-corrected chi connectivity index (χ1v) is 8.36. The molecule has 23 heavy (non-hydrogen) atoms. The number of carbonyl (C=O) groups excluding carboxylic acids is 1. The van der Waals surface area contributed by atoms with Crippen LogP contribution in [0.4, 0.5) is 0 Å². The molecule has 5 nitrogen and oxygen atoms in total. The molecule has 1 aliphatic heterocycles. The van der Waals surface area contributed by atoms with Gasteiger partial charge in [-0.15, -0.1) is 0 Å². The second kappa shape index (κ2) is 7.13. The highest BCUT2D eigenvalue weighted by Crippen LogP contribution is 2.20. The van der Waals surface area contributed by atoms with Gasteiger partial charge in [-0.1, -0.05) is 17.7 Å². The van der Waals surface area contributed by atoms with Crippen LogP contribution in [-0.4, -0.2) is 38.7 Å². The third-order valence-electron chi connectivity index (χ3n) is 4.21. The molecule has 1 saturated heterocycles. The van der Waals surface area contributed by atoms with Crippen molar-refractivity contribution in [1.29, 1.82) is 0 Å². The quantitative estimate of drug-likeness (QED) is 0.865. The minimum absolute atomic E-state index is 0.103. The topological polar surface area (TPSA) is 51.0 Å². The van der Waals surface area contributed by atoms with Gasteiger partial charge in [0.2, 0.25) is 5.91 Å². The highest BCUT2D eigenvalue weighted by atomic mass is 35.5. The third-order valence-corrected chi connectivity index (χ3v) is 4.41. The molecule has 1 atom stereocenters. The molecule has 1 fully saturated rings. The lowest BCUT2D eigenvalue weighted by Gasteiger charge is -2.32. The van der Waals surface area contributed by atoms with Crippen molar-refractivity contribution in [3.63, 3.8) is 0 Å². The van der Waals surface area contributed by atoms with Crippen LogP contribution in [0.3, 0.4) is 0 Å². The van der Waals surface area contributed by atoms with Crippen LogP contribution in [0.2, 0.25) is 5.02 Å². The standard InChI is InChI=1S/C17H21ClN4O/c1-13-4-2-6-16(20-13)8-14-5-3-7-21(10-14)17(23)12-22-11-15(18)9-19-22/h2,4,6,9,11,14H,3,5,7-8,10,12H2,1H3. The Morgan fingerprint density at radius 1 is 1.43 bits per heavy atom. The highest BCUT2D eigenvalue weighted by molar-refractivity contribution is 6.30. The Balaban J connectivity index is 1.58. The third kappa shape index (κ3) is 4.32. The van der Waals surface area contributed by atoms with Crippen LogP contribution in [0, 0.1) is 12.8 Å². The number of pyridine rings is 1. The van der Waals surface area contributed by atoms with E-state index in [9.17, 15) is 4.79 Å². The first-order chi connectivity index (χ1) is 11.1. The zero-order valence-electron chi connectivity index (χ0n) is 13.3. The molecular formula is C17H21ClN4O. The molecule has 3 heterocycles. The smallest absolute Gasteiger partial charge is 0.244 e. The second-order valence-corrected chi connectivity index (χ2v) is 6.62. The van der Waals surface area contributed by atoms with Crippen molar-refractivity contribution in [2.75, 3.05) is 13.1 Å². The number of aryl methyl sites for hydroxylation is 1. The van der Waals surface area contributed by atoms with E-state index >= 15 is 0 Å². The van der Waals surface area contributed by atoms with Crippen molar-refractivity contribution in [3.8, 4) is 0 Å². The average molecular weight is 333 g/mol. The van der Waals surface area contributed by atoms with Gasteiger partial charge in [-0.3, -0.25) is 14.5 Å². The molecule has 3 rings (SSSR count).